The lowest BCUT2D eigenvalue weighted by Gasteiger charge is -1.98. The maximum atomic E-state index is 11.8. The molecule has 0 atom stereocenters. The Kier molecular flexibility index (Phi) is 2.25. The van der Waals surface area contributed by atoms with E-state index in [4.69, 9.17) is 5.73 Å². The molecule has 8 nitrogen and oxygen atoms in total. The monoisotopic (exact) mass is 251 g/mol. The van der Waals surface area contributed by atoms with Gasteiger partial charge in [0.2, 0.25) is 5.13 Å². The molecule has 0 saturated heterocycles. The van der Waals surface area contributed by atoms with Gasteiger partial charge in [-0.1, -0.05) is 9.59 Å². The minimum Gasteiger partial charge on any atom is -0.395 e. The van der Waals surface area contributed by atoms with Gasteiger partial charge in [0, 0.05) is 17.5 Å². The van der Waals surface area contributed by atoms with E-state index in [0.717, 1.165) is 30.1 Å². The normalized spacial score (nSPS) is 14.8. The molecule has 0 unspecified atom stereocenters. The minimum atomic E-state index is -0.399. The average Bonchev–Trinajstić information content (AvgIpc) is 2.88. The van der Waals surface area contributed by atoms with Crippen LogP contribution in [0.25, 0.3) is 0 Å². The molecule has 4 N–H and O–H groups in total. The summed E-state index contributed by atoms with van der Waals surface area (Å²) in [4.78, 5) is 11.8. The maximum Gasteiger partial charge on any atom is 0.280 e. The van der Waals surface area contributed by atoms with Crippen molar-refractivity contribution in [1.29, 1.82) is 0 Å². The molecule has 2 aromatic heterocycles. The maximum absolute atomic E-state index is 11.8. The third-order valence-electron chi connectivity index (χ3n) is 2.55. The molecule has 1 fully saturated rings. The second-order valence-corrected chi connectivity index (χ2v) is 4.53. The Hall–Kier alpha value is -2.03. The van der Waals surface area contributed by atoms with Crippen molar-refractivity contribution in [2.45, 2.75) is 18.8 Å². The van der Waals surface area contributed by atoms with E-state index in [-0.39, 0.29) is 5.69 Å². The molecular formula is C8H9N7OS. The number of nitrogens with zero attached hydrogens (tertiary/aromatic N) is 4. The van der Waals surface area contributed by atoms with Gasteiger partial charge in [0.1, 0.15) is 0 Å². The summed E-state index contributed by atoms with van der Waals surface area (Å²) in [6.07, 6.45) is 2.18. The summed E-state index contributed by atoms with van der Waals surface area (Å²) in [5, 5.41) is 16.6. The van der Waals surface area contributed by atoms with Crippen LogP contribution in [-0.2, 0) is 0 Å². The predicted molar refractivity (Wildman–Crippen MR) is 60.6 cm³/mol. The van der Waals surface area contributed by atoms with E-state index in [9.17, 15) is 4.79 Å². The molecule has 1 saturated carbocycles. The Labute approximate surface area is 99.8 Å². The summed E-state index contributed by atoms with van der Waals surface area (Å²) in [5.74, 6) is 0.0245. The van der Waals surface area contributed by atoms with Crippen LogP contribution in [0.2, 0.25) is 0 Å². The summed E-state index contributed by atoms with van der Waals surface area (Å²) in [6.45, 7) is 0. The largest absolute Gasteiger partial charge is 0.395 e. The van der Waals surface area contributed by atoms with E-state index in [2.05, 4.69) is 30.3 Å². The summed E-state index contributed by atoms with van der Waals surface area (Å²) in [6, 6.07) is 0. The highest BCUT2D eigenvalue weighted by Gasteiger charge is 2.30. The molecule has 17 heavy (non-hydrogen) atoms. The van der Waals surface area contributed by atoms with Gasteiger partial charge in [-0.2, -0.15) is 5.10 Å². The predicted octanol–water partition coefficient (Wildman–Crippen LogP) is 0.368. The molecule has 88 valence electrons. The van der Waals surface area contributed by atoms with Crippen molar-refractivity contribution in [2.24, 2.45) is 0 Å². The summed E-state index contributed by atoms with van der Waals surface area (Å²) < 4.78 is 3.54. The molecule has 0 aliphatic heterocycles. The summed E-state index contributed by atoms with van der Waals surface area (Å²) in [5.41, 5.74) is 7.34. The number of nitrogen functional groups attached to an aromatic ring is 1. The van der Waals surface area contributed by atoms with Crippen LogP contribution in [0.4, 0.5) is 10.8 Å². The molecule has 2 aromatic rings. The van der Waals surface area contributed by atoms with Crippen molar-refractivity contribution in [2.75, 3.05) is 11.1 Å². The number of anilines is 2. The minimum absolute atomic E-state index is 0.196. The molecule has 0 aromatic carbocycles. The first-order chi connectivity index (χ1) is 8.25. The zero-order valence-corrected chi connectivity index (χ0v) is 9.49. The summed E-state index contributed by atoms with van der Waals surface area (Å²) >= 11 is 0.994. The van der Waals surface area contributed by atoms with Crippen LogP contribution in [-0.4, -0.2) is 30.9 Å². The quantitative estimate of drug-likeness (QED) is 0.724. The molecule has 1 aliphatic carbocycles. The lowest BCUT2D eigenvalue weighted by atomic mass is 10.2. The van der Waals surface area contributed by atoms with Gasteiger partial charge in [0.15, 0.2) is 5.69 Å². The van der Waals surface area contributed by atoms with Crippen molar-refractivity contribution in [1.82, 2.24) is 25.0 Å². The SMILES string of the molecule is Nc1c(C(=O)Nc2nnns2)n[nH]c1C1CC1. The van der Waals surface area contributed by atoms with Crippen LogP contribution in [0, 0.1) is 0 Å². The van der Waals surface area contributed by atoms with Gasteiger partial charge in [-0.3, -0.25) is 15.2 Å². The van der Waals surface area contributed by atoms with Gasteiger partial charge in [0.05, 0.1) is 11.4 Å². The van der Waals surface area contributed by atoms with E-state index in [1.807, 2.05) is 0 Å². The first kappa shape index (κ1) is 10.1. The fourth-order valence-corrected chi connectivity index (χ4v) is 1.92. The number of rotatable bonds is 3. The number of carbonyl (C=O) groups is 1. The molecule has 3 rings (SSSR count). The Bertz CT molecular complexity index is 544. The van der Waals surface area contributed by atoms with Gasteiger partial charge < -0.3 is 5.73 Å². The molecular weight excluding hydrogens is 242 g/mol. The highest BCUT2D eigenvalue weighted by molar-refractivity contribution is 7.09. The molecule has 9 heteroatoms. The first-order valence-electron chi connectivity index (χ1n) is 5.06. The van der Waals surface area contributed by atoms with Crippen LogP contribution in [0.3, 0.4) is 0 Å². The van der Waals surface area contributed by atoms with Crippen molar-refractivity contribution >= 4 is 28.3 Å². The Balaban J connectivity index is 1.81. The van der Waals surface area contributed by atoms with Crippen molar-refractivity contribution in [3.8, 4) is 0 Å². The molecule has 1 aliphatic rings. The standard InChI is InChI=1S/C8H9N7OS/c9-4-5(3-1-2-3)11-12-6(4)7(16)10-8-13-14-15-17-8/h3H,1-2,9H2,(H,11,12)(H,10,13,15,16). The number of H-pyrrole nitrogens is 1. The molecule has 2 heterocycles. The smallest absolute Gasteiger partial charge is 0.280 e. The molecule has 0 bridgehead atoms. The van der Waals surface area contributed by atoms with Gasteiger partial charge in [-0.25, -0.2) is 0 Å². The number of nitrogens with two attached hydrogens (primary N) is 1. The number of amides is 1. The Morgan fingerprint density at radius 1 is 1.53 bits per heavy atom. The van der Waals surface area contributed by atoms with Crippen LogP contribution >= 0.6 is 11.5 Å². The third-order valence-corrected chi connectivity index (χ3v) is 3.07. The van der Waals surface area contributed by atoms with Gasteiger partial charge in [-0.05, 0) is 18.1 Å². The average molecular weight is 251 g/mol. The lowest BCUT2D eigenvalue weighted by Crippen LogP contribution is -2.14. The Morgan fingerprint density at radius 2 is 2.35 bits per heavy atom. The van der Waals surface area contributed by atoms with E-state index in [1.54, 1.807) is 0 Å². The number of aromatic nitrogens is 5. The van der Waals surface area contributed by atoms with E-state index < -0.39 is 5.91 Å². The zero-order chi connectivity index (χ0) is 11.8. The van der Waals surface area contributed by atoms with Crippen LogP contribution in [0.5, 0.6) is 0 Å². The van der Waals surface area contributed by atoms with E-state index in [0.29, 0.717) is 16.7 Å². The van der Waals surface area contributed by atoms with Crippen LogP contribution in [0.1, 0.15) is 34.9 Å². The van der Waals surface area contributed by atoms with E-state index >= 15 is 0 Å². The van der Waals surface area contributed by atoms with Crippen molar-refractivity contribution in [3.63, 3.8) is 0 Å². The number of carbonyl (C=O) groups excluding carboxylic acids is 1. The molecule has 0 radical (unpaired) electrons. The second kappa shape index (κ2) is 3.77. The Morgan fingerprint density at radius 3 is 3.00 bits per heavy atom. The summed E-state index contributed by atoms with van der Waals surface area (Å²) in [7, 11) is 0. The number of nitrogens with one attached hydrogen (secondary N) is 2. The zero-order valence-electron chi connectivity index (χ0n) is 8.67. The fourth-order valence-electron chi connectivity index (χ4n) is 1.56. The van der Waals surface area contributed by atoms with Crippen molar-refractivity contribution in [3.05, 3.63) is 11.4 Å². The highest BCUT2D eigenvalue weighted by atomic mass is 32.1. The van der Waals surface area contributed by atoms with E-state index in [1.165, 1.54) is 0 Å². The van der Waals surface area contributed by atoms with Crippen LogP contribution in [0.15, 0.2) is 0 Å². The second-order valence-electron chi connectivity index (χ2n) is 3.80. The highest BCUT2D eigenvalue weighted by Crippen LogP contribution is 2.42. The third kappa shape index (κ3) is 1.84. The first-order valence-corrected chi connectivity index (χ1v) is 5.83. The van der Waals surface area contributed by atoms with Gasteiger partial charge in [-0.15, -0.1) is 0 Å². The topological polar surface area (TPSA) is 122 Å². The van der Waals surface area contributed by atoms with Crippen molar-refractivity contribution < 1.29 is 4.79 Å². The number of hydrogen-bond acceptors (Lipinski definition) is 7. The molecule has 1 amide bonds. The van der Waals surface area contributed by atoms with Gasteiger partial charge in [0.25, 0.3) is 5.91 Å². The lowest BCUT2D eigenvalue weighted by molar-refractivity contribution is 0.102. The number of aromatic amines is 1. The van der Waals surface area contributed by atoms with Crippen LogP contribution < -0.4 is 11.1 Å². The molecule has 0 spiro atoms. The number of hydrogen-bond donors (Lipinski definition) is 3. The van der Waals surface area contributed by atoms with Gasteiger partial charge >= 0.3 is 0 Å². The fraction of sp³-hybridized carbons (Fsp3) is 0.375.